The number of anilines is 1. The third-order valence-corrected chi connectivity index (χ3v) is 3.52. The van der Waals surface area contributed by atoms with E-state index >= 15 is 0 Å². The summed E-state index contributed by atoms with van der Waals surface area (Å²) in [5, 5.41) is 14.5. The number of nitrogens with zero attached hydrogens (tertiary/aromatic N) is 1. The molecule has 3 rings (SSSR count). The number of pyridine rings is 1. The first-order valence-corrected chi connectivity index (χ1v) is 6.07. The number of hydrogen-bond donors (Lipinski definition) is 2. The molecule has 1 fully saturated rings. The Morgan fingerprint density at radius 2 is 2.06 bits per heavy atom. The molecule has 17 heavy (non-hydrogen) atoms. The van der Waals surface area contributed by atoms with E-state index in [1.54, 1.807) is 6.20 Å². The Hall–Kier alpha value is -1.61. The van der Waals surface area contributed by atoms with Crippen molar-refractivity contribution in [3.05, 3.63) is 36.5 Å². The van der Waals surface area contributed by atoms with E-state index in [1.807, 2.05) is 30.3 Å². The molecule has 1 heterocycles. The molecule has 3 nitrogen and oxygen atoms in total. The molecule has 0 bridgehead atoms. The van der Waals surface area contributed by atoms with Gasteiger partial charge in [0, 0.05) is 18.1 Å². The van der Waals surface area contributed by atoms with E-state index in [-0.39, 0.29) is 0 Å². The van der Waals surface area contributed by atoms with Crippen molar-refractivity contribution < 1.29 is 5.11 Å². The first-order chi connectivity index (χ1) is 8.27. The van der Waals surface area contributed by atoms with Gasteiger partial charge in [-0.2, -0.15) is 0 Å². The Morgan fingerprint density at radius 1 is 1.24 bits per heavy atom. The van der Waals surface area contributed by atoms with E-state index in [0.29, 0.717) is 6.54 Å². The van der Waals surface area contributed by atoms with Gasteiger partial charge in [-0.1, -0.05) is 18.2 Å². The van der Waals surface area contributed by atoms with Crippen LogP contribution >= 0.6 is 0 Å². The average molecular weight is 228 g/mol. The van der Waals surface area contributed by atoms with Crippen molar-refractivity contribution in [3.63, 3.8) is 0 Å². The maximum atomic E-state index is 10.1. The molecule has 0 aliphatic heterocycles. The number of rotatable bonds is 3. The number of hydrogen-bond acceptors (Lipinski definition) is 3. The zero-order valence-corrected chi connectivity index (χ0v) is 9.69. The van der Waals surface area contributed by atoms with Gasteiger partial charge in [-0.25, -0.2) is 0 Å². The normalized spacial score (nSPS) is 17.7. The fourth-order valence-electron chi connectivity index (χ4n) is 2.27. The summed E-state index contributed by atoms with van der Waals surface area (Å²) >= 11 is 0. The third kappa shape index (κ3) is 1.98. The standard InChI is InChI=1S/C14H16N2O/c17-14(7-3-8-14)10-16-12-6-1-4-11-5-2-9-15-13(11)12/h1-2,4-6,9,16-17H,3,7-8,10H2. The van der Waals surface area contributed by atoms with E-state index in [4.69, 9.17) is 0 Å². The van der Waals surface area contributed by atoms with Gasteiger partial charge in [-0.3, -0.25) is 4.98 Å². The quantitative estimate of drug-likeness (QED) is 0.848. The van der Waals surface area contributed by atoms with Crippen LogP contribution in [0.4, 0.5) is 5.69 Å². The largest absolute Gasteiger partial charge is 0.388 e. The highest BCUT2D eigenvalue weighted by atomic mass is 16.3. The molecule has 0 unspecified atom stereocenters. The van der Waals surface area contributed by atoms with Crippen LogP contribution in [0.3, 0.4) is 0 Å². The molecular formula is C14H16N2O. The molecule has 0 radical (unpaired) electrons. The van der Waals surface area contributed by atoms with Crippen molar-refractivity contribution >= 4 is 16.6 Å². The molecular weight excluding hydrogens is 212 g/mol. The van der Waals surface area contributed by atoms with Gasteiger partial charge in [0.1, 0.15) is 0 Å². The second-order valence-electron chi connectivity index (χ2n) is 4.81. The Labute approximate surface area is 100 Å². The molecule has 1 aromatic heterocycles. The molecule has 1 aliphatic rings. The predicted molar refractivity (Wildman–Crippen MR) is 69.0 cm³/mol. The molecule has 1 aliphatic carbocycles. The number of nitrogens with one attached hydrogen (secondary N) is 1. The topological polar surface area (TPSA) is 45.1 Å². The lowest BCUT2D eigenvalue weighted by atomic mass is 9.80. The fourth-order valence-corrected chi connectivity index (χ4v) is 2.27. The lowest BCUT2D eigenvalue weighted by Gasteiger charge is -2.36. The molecule has 0 saturated heterocycles. The summed E-state index contributed by atoms with van der Waals surface area (Å²) in [6.07, 6.45) is 4.73. The van der Waals surface area contributed by atoms with Crippen LogP contribution in [0.2, 0.25) is 0 Å². The van der Waals surface area contributed by atoms with E-state index < -0.39 is 5.60 Å². The SMILES string of the molecule is OC1(CNc2cccc3cccnc23)CCC1. The van der Waals surface area contributed by atoms with E-state index in [1.165, 1.54) is 0 Å². The lowest BCUT2D eigenvalue weighted by molar-refractivity contribution is -0.0201. The summed E-state index contributed by atoms with van der Waals surface area (Å²) in [6, 6.07) is 10.1. The van der Waals surface area contributed by atoms with Crippen molar-refractivity contribution in [1.29, 1.82) is 0 Å². The predicted octanol–water partition coefficient (Wildman–Crippen LogP) is 2.56. The van der Waals surface area contributed by atoms with Crippen LogP contribution in [0.1, 0.15) is 19.3 Å². The zero-order chi connectivity index (χ0) is 11.7. The van der Waals surface area contributed by atoms with Gasteiger partial charge in [0.25, 0.3) is 0 Å². The molecule has 88 valence electrons. The van der Waals surface area contributed by atoms with Crippen LogP contribution in [0.5, 0.6) is 0 Å². The fraction of sp³-hybridized carbons (Fsp3) is 0.357. The minimum absolute atomic E-state index is 0.503. The summed E-state index contributed by atoms with van der Waals surface area (Å²) in [5.74, 6) is 0. The summed E-state index contributed by atoms with van der Waals surface area (Å²) < 4.78 is 0. The van der Waals surface area contributed by atoms with Crippen LogP contribution in [-0.2, 0) is 0 Å². The van der Waals surface area contributed by atoms with Crippen LogP contribution in [0.15, 0.2) is 36.5 Å². The van der Waals surface area contributed by atoms with Gasteiger partial charge in [0.2, 0.25) is 0 Å². The van der Waals surface area contributed by atoms with Crippen molar-refractivity contribution in [3.8, 4) is 0 Å². The van der Waals surface area contributed by atoms with Crippen LogP contribution in [-0.4, -0.2) is 22.2 Å². The zero-order valence-electron chi connectivity index (χ0n) is 9.69. The van der Waals surface area contributed by atoms with Crippen LogP contribution in [0.25, 0.3) is 10.9 Å². The minimum Gasteiger partial charge on any atom is -0.388 e. The summed E-state index contributed by atoms with van der Waals surface area (Å²) in [4.78, 5) is 4.38. The highest BCUT2D eigenvalue weighted by Crippen LogP contribution is 2.32. The molecule has 0 atom stereocenters. The second kappa shape index (κ2) is 4.00. The first kappa shape index (κ1) is 10.5. The number of fused-ring (bicyclic) bond motifs is 1. The summed E-state index contributed by atoms with van der Waals surface area (Å²) in [7, 11) is 0. The summed E-state index contributed by atoms with van der Waals surface area (Å²) in [6.45, 7) is 0.614. The third-order valence-electron chi connectivity index (χ3n) is 3.52. The number of aliphatic hydroxyl groups is 1. The van der Waals surface area contributed by atoms with Gasteiger partial charge < -0.3 is 10.4 Å². The maximum absolute atomic E-state index is 10.1. The average Bonchev–Trinajstić information content (AvgIpc) is 2.34. The minimum atomic E-state index is -0.503. The Bertz CT molecular complexity index is 529. The molecule has 2 N–H and O–H groups in total. The second-order valence-corrected chi connectivity index (χ2v) is 4.81. The van der Waals surface area contributed by atoms with Crippen molar-refractivity contribution in [1.82, 2.24) is 4.98 Å². The van der Waals surface area contributed by atoms with Gasteiger partial charge in [-0.15, -0.1) is 0 Å². The Balaban J connectivity index is 1.85. The number of para-hydroxylation sites is 1. The van der Waals surface area contributed by atoms with E-state index in [0.717, 1.165) is 35.9 Å². The van der Waals surface area contributed by atoms with E-state index in [2.05, 4.69) is 10.3 Å². The molecule has 0 spiro atoms. The molecule has 1 saturated carbocycles. The number of aromatic nitrogens is 1. The van der Waals surface area contributed by atoms with Gasteiger partial charge >= 0.3 is 0 Å². The van der Waals surface area contributed by atoms with E-state index in [9.17, 15) is 5.11 Å². The smallest absolute Gasteiger partial charge is 0.0933 e. The monoisotopic (exact) mass is 228 g/mol. The Kier molecular flexibility index (Phi) is 2.48. The molecule has 3 heteroatoms. The molecule has 0 amide bonds. The highest BCUT2D eigenvalue weighted by molar-refractivity contribution is 5.90. The van der Waals surface area contributed by atoms with Crippen molar-refractivity contribution in [2.45, 2.75) is 24.9 Å². The van der Waals surface area contributed by atoms with Crippen molar-refractivity contribution in [2.75, 3.05) is 11.9 Å². The van der Waals surface area contributed by atoms with Crippen LogP contribution < -0.4 is 5.32 Å². The van der Waals surface area contributed by atoms with Crippen LogP contribution in [0, 0.1) is 0 Å². The van der Waals surface area contributed by atoms with Gasteiger partial charge in [-0.05, 0) is 31.4 Å². The highest BCUT2D eigenvalue weighted by Gasteiger charge is 2.33. The molecule has 1 aromatic carbocycles. The first-order valence-electron chi connectivity index (χ1n) is 6.07. The number of benzene rings is 1. The maximum Gasteiger partial charge on any atom is 0.0933 e. The Morgan fingerprint density at radius 3 is 2.82 bits per heavy atom. The van der Waals surface area contributed by atoms with Gasteiger partial charge in [0.05, 0.1) is 16.8 Å². The van der Waals surface area contributed by atoms with Gasteiger partial charge in [0.15, 0.2) is 0 Å². The molecule has 2 aromatic rings. The summed E-state index contributed by atoms with van der Waals surface area (Å²) in [5.41, 5.74) is 1.47. The lowest BCUT2D eigenvalue weighted by Crippen LogP contribution is -2.43. The van der Waals surface area contributed by atoms with Crippen molar-refractivity contribution in [2.24, 2.45) is 0 Å².